The number of hydrogen-bond donors (Lipinski definition) is 0. The van der Waals surface area contributed by atoms with E-state index in [2.05, 4.69) is 46.9 Å². The smallest absolute Gasteiger partial charge is 0.258 e. The van der Waals surface area contributed by atoms with Crippen molar-refractivity contribution < 1.29 is 9.26 Å². The largest absolute Gasteiger partial charge is 0.489 e. The van der Waals surface area contributed by atoms with Crippen molar-refractivity contribution in [3.63, 3.8) is 0 Å². The van der Waals surface area contributed by atoms with Crippen LogP contribution in [-0.4, -0.2) is 20.8 Å². The molecule has 0 radical (unpaired) electrons. The van der Waals surface area contributed by atoms with E-state index in [1.54, 1.807) is 6.07 Å². The summed E-state index contributed by atoms with van der Waals surface area (Å²) in [5, 5.41) is 5.84. The first-order chi connectivity index (χ1) is 13.5. The molecule has 2 aromatic carbocycles. The highest BCUT2D eigenvalue weighted by molar-refractivity contribution is 6.32. The first kappa shape index (κ1) is 18.6. The van der Waals surface area contributed by atoms with Crippen molar-refractivity contribution in [2.45, 2.75) is 40.3 Å². The normalized spacial score (nSPS) is 11.5. The minimum Gasteiger partial charge on any atom is -0.489 e. The van der Waals surface area contributed by atoms with E-state index in [-0.39, 0.29) is 6.10 Å². The zero-order valence-corrected chi connectivity index (χ0v) is 17.1. The van der Waals surface area contributed by atoms with Gasteiger partial charge in [0.2, 0.25) is 5.82 Å². The van der Waals surface area contributed by atoms with Gasteiger partial charge in [-0.15, -0.1) is 0 Å². The summed E-state index contributed by atoms with van der Waals surface area (Å²) in [6.07, 6.45) is 2.15. The van der Waals surface area contributed by atoms with Gasteiger partial charge in [0.15, 0.2) is 0 Å². The molecule has 0 spiro atoms. The molecule has 4 aromatic rings. The second kappa shape index (κ2) is 7.32. The van der Waals surface area contributed by atoms with E-state index in [0.717, 1.165) is 23.1 Å². The van der Waals surface area contributed by atoms with Crippen molar-refractivity contribution in [2.24, 2.45) is 0 Å². The second-order valence-electron chi connectivity index (χ2n) is 7.03. The van der Waals surface area contributed by atoms with Crippen LogP contribution >= 0.6 is 11.6 Å². The van der Waals surface area contributed by atoms with Crippen molar-refractivity contribution >= 4 is 22.5 Å². The van der Waals surface area contributed by atoms with Gasteiger partial charge in [0.05, 0.1) is 16.6 Å². The Bertz CT molecular complexity index is 1140. The quantitative estimate of drug-likeness (QED) is 0.408. The fourth-order valence-electron chi connectivity index (χ4n) is 3.40. The summed E-state index contributed by atoms with van der Waals surface area (Å²) in [5.41, 5.74) is 4.13. The van der Waals surface area contributed by atoms with Gasteiger partial charge in [-0.2, -0.15) is 4.98 Å². The van der Waals surface area contributed by atoms with Gasteiger partial charge in [0.1, 0.15) is 5.75 Å². The first-order valence-electron chi connectivity index (χ1n) is 9.37. The van der Waals surface area contributed by atoms with Crippen LogP contribution in [0.5, 0.6) is 5.75 Å². The molecule has 0 aliphatic rings. The Labute approximate surface area is 168 Å². The lowest BCUT2D eigenvalue weighted by atomic mass is 10.1. The highest BCUT2D eigenvalue weighted by Gasteiger charge is 2.16. The van der Waals surface area contributed by atoms with Crippen LogP contribution in [-0.2, 0) is 6.54 Å². The van der Waals surface area contributed by atoms with Crippen LogP contribution in [0.25, 0.3) is 33.7 Å². The summed E-state index contributed by atoms with van der Waals surface area (Å²) in [6, 6.07) is 11.7. The van der Waals surface area contributed by atoms with Crippen molar-refractivity contribution in [3.05, 3.63) is 53.2 Å². The van der Waals surface area contributed by atoms with Gasteiger partial charge in [-0.3, -0.25) is 0 Å². The Balaban J connectivity index is 1.73. The van der Waals surface area contributed by atoms with Gasteiger partial charge in [-0.1, -0.05) is 28.9 Å². The molecule has 28 heavy (non-hydrogen) atoms. The molecule has 0 atom stereocenters. The molecule has 144 valence electrons. The topological polar surface area (TPSA) is 53.1 Å². The molecule has 0 amide bonds. The molecule has 0 aliphatic carbocycles. The number of aryl methyl sites for hydroxylation is 2. The Morgan fingerprint density at radius 2 is 2.00 bits per heavy atom. The SMILES string of the molecule is CCn1ccc2c(-c3noc(-c4ccc(OC(C)C)c(Cl)c4)n3)ccc(C)c21. The molecule has 0 N–H and O–H groups in total. The lowest BCUT2D eigenvalue weighted by Gasteiger charge is -2.11. The second-order valence-corrected chi connectivity index (χ2v) is 7.44. The number of nitrogens with zero attached hydrogens (tertiary/aromatic N) is 3. The highest BCUT2D eigenvalue weighted by Crippen LogP contribution is 2.33. The zero-order valence-electron chi connectivity index (χ0n) is 16.4. The monoisotopic (exact) mass is 395 g/mol. The van der Waals surface area contributed by atoms with Gasteiger partial charge >= 0.3 is 0 Å². The van der Waals surface area contributed by atoms with E-state index >= 15 is 0 Å². The number of hydrogen-bond acceptors (Lipinski definition) is 4. The standard InChI is InChI=1S/C22H22ClN3O2/c1-5-26-11-10-16-17(8-6-14(4)20(16)26)21-24-22(28-25-21)15-7-9-19(18(23)12-15)27-13(2)3/h6-13H,5H2,1-4H3. The summed E-state index contributed by atoms with van der Waals surface area (Å²) < 4.78 is 13.4. The molecule has 0 saturated heterocycles. The number of halogens is 1. The summed E-state index contributed by atoms with van der Waals surface area (Å²) in [4.78, 5) is 4.61. The van der Waals surface area contributed by atoms with Gasteiger partial charge in [-0.05, 0) is 57.5 Å². The predicted molar refractivity (Wildman–Crippen MR) is 112 cm³/mol. The number of aromatic nitrogens is 3. The third-order valence-electron chi connectivity index (χ3n) is 4.68. The van der Waals surface area contributed by atoms with E-state index in [9.17, 15) is 0 Å². The molecular weight excluding hydrogens is 374 g/mol. The predicted octanol–water partition coefficient (Wildman–Crippen LogP) is 6.13. The molecule has 6 heteroatoms. The molecule has 0 bridgehead atoms. The Hall–Kier alpha value is -2.79. The summed E-state index contributed by atoms with van der Waals surface area (Å²) in [7, 11) is 0. The Morgan fingerprint density at radius 1 is 1.18 bits per heavy atom. The maximum absolute atomic E-state index is 6.34. The van der Waals surface area contributed by atoms with Crippen molar-refractivity contribution in [1.82, 2.24) is 14.7 Å². The number of rotatable bonds is 5. The van der Waals surface area contributed by atoms with Crippen LogP contribution in [0.1, 0.15) is 26.3 Å². The van der Waals surface area contributed by atoms with Crippen LogP contribution in [0.15, 0.2) is 47.1 Å². The molecule has 2 heterocycles. The lowest BCUT2D eigenvalue weighted by molar-refractivity contribution is 0.242. The molecule has 4 rings (SSSR count). The van der Waals surface area contributed by atoms with Gasteiger partial charge in [0.25, 0.3) is 5.89 Å². The average Bonchev–Trinajstić information content (AvgIpc) is 3.31. The van der Waals surface area contributed by atoms with Gasteiger partial charge in [-0.25, -0.2) is 0 Å². The highest BCUT2D eigenvalue weighted by atomic mass is 35.5. The molecule has 0 unspecified atom stereocenters. The van der Waals surface area contributed by atoms with Crippen LogP contribution < -0.4 is 4.74 Å². The molecule has 0 saturated carbocycles. The van der Waals surface area contributed by atoms with Crippen molar-refractivity contribution in [3.8, 4) is 28.6 Å². The van der Waals surface area contributed by atoms with Crippen LogP contribution in [0.4, 0.5) is 0 Å². The summed E-state index contributed by atoms with van der Waals surface area (Å²) in [6.45, 7) is 9.08. The Morgan fingerprint density at radius 3 is 2.71 bits per heavy atom. The average molecular weight is 396 g/mol. The maximum atomic E-state index is 6.34. The zero-order chi connectivity index (χ0) is 19.8. The number of ether oxygens (including phenoxy) is 1. The van der Waals surface area contributed by atoms with Crippen molar-refractivity contribution in [2.75, 3.05) is 0 Å². The molecular formula is C22H22ClN3O2. The minimum atomic E-state index is 0.0535. The third-order valence-corrected chi connectivity index (χ3v) is 4.97. The van der Waals surface area contributed by atoms with Gasteiger partial charge < -0.3 is 13.8 Å². The summed E-state index contributed by atoms with van der Waals surface area (Å²) >= 11 is 6.34. The summed E-state index contributed by atoms with van der Waals surface area (Å²) in [5.74, 6) is 1.63. The van der Waals surface area contributed by atoms with Crippen LogP contribution in [0.2, 0.25) is 5.02 Å². The van der Waals surface area contributed by atoms with E-state index in [1.165, 1.54) is 11.1 Å². The molecule has 0 aliphatic heterocycles. The fraction of sp³-hybridized carbons (Fsp3) is 0.273. The third kappa shape index (κ3) is 3.27. The van der Waals surface area contributed by atoms with E-state index in [0.29, 0.717) is 22.5 Å². The lowest BCUT2D eigenvalue weighted by Crippen LogP contribution is -2.05. The fourth-order valence-corrected chi connectivity index (χ4v) is 3.62. The van der Waals surface area contributed by atoms with E-state index in [1.807, 2.05) is 32.0 Å². The number of benzene rings is 2. The van der Waals surface area contributed by atoms with E-state index < -0.39 is 0 Å². The van der Waals surface area contributed by atoms with Gasteiger partial charge in [0, 0.05) is 29.3 Å². The Kier molecular flexibility index (Phi) is 4.85. The first-order valence-corrected chi connectivity index (χ1v) is 9.74. The van der Waals surface area contributed by atoms with Crippen LogP contribution in [0.3, 0.4) is 0 Å². The maximum Gasteiger partial charge on any atom is 0.258 e. The molecule has 5 nitrogen and oxygen atoms in total. The molecule has 0 fully saturated rings. The minimum absolute atomic E-state index is 0.0535. The van der Waals surface area contributed by atoms with Crippen LogP contribution in [0, 0.1) is 6.92 Å². The molecule has 2 aromatic heterocycles. The number of fused-ring (bicyclic) bond motifs is 1. The van der Waals surface area contributed by atoms with E-state index in [4.69, 9.17) is 20.9 Å². The van der Waals surface area contributed by atoms with Crippen molar-refractivity contribution in [1.29, 1.82) is 0 Å².